The van der Waals surface area contributed by atoms with Gasteiger partial charge < -0.3 is 0 Å². The monoisotopic (exact) mass is 432 g/mol. The second-order valence-corrected chi connectivity index (χ2v) is 7.38. The molecule has 146 valence electrons. The number of hydrogen-bond donors (Lipinski definition) is 2. The van der Waals surface area contributed by atoms with Crippen molar-refractivity contribution in [1.29, 1.82) is 10.5 Å². The maximum Gasteiger partial charge on any atom is 0.268 e. The van der Waals surface area contributed by atoms with E-state index in [0.29, 0.717) is 21.4 Å². The Hall–Kier alpha value is -4.12. The minimum atomic E-state index is -0.575. The fourth-order valence-electron chi connectivity index (χ4n) is 2.27. The van der Waals surface area contributed by atoms with Crippen LogP contribution >= 0.6 is 22.7 Å². The summed E-state index contributed by atoms with van der Waals surface area (Å²) in [6, 6.07) is 10.5. The number of hydrogen-bond acceptors (Lipinski definition) is 8. The topological polar surface area (TPSA) is 132 Å². The molecule has 1 aromatic carbocycles. The number of nitrogens with zero attached hydrogens (tertiary/aromatic N) is 4. The smallest absolute Gasteiger partial charge is 0.268 e. The SMILES string of the molecule is N#CC(=Cc1cccc(C=C(C#N)C(=O)Nc2nccs2)c1)C(=O)Nc1nccs1. The van der Waals surface area contributed by atoms with Crippen LogP contribution < -0.4 is 10.6 Å². The molecule has 0 unspecified atom stereocenters. The Balaban J connectivity index is 1.80. The molecule has 0 fully saturated rings. The van der Waals surface area contributed by atoms with E-state index in [9.17, 15) is 20.1 Å². The van der Waals surface area contributed by atoms with Crippen LogP contribution in [0, 0.1) is 22.7 Å². The zero-order valence-corrected chi connectivity index (χ0v) is 16.8. The van der Waals surface area contributed by atoms with Crippen LogP contribution in [0.5, 0.6) is 0 Å². The normalized spacial score (nSPS) is 11.3. The molecule has 2 heterocycles. The molecule has 0 aliphatic rings. The van der Waals surface area contributed by atoms with Crippen molar-refractivity contribution in [3.8, 4) is 12.1 Å². The number of aromatic nitrogens is 2. The van der Waals surface area contributed by atoms with Gasteiger partial charge in [-0.2, -0.15) is 10.5 Å². The molecule has 0 saturated carbocycles. The predicted molar refractivity (Wildman–Crippen MR) is 115 cm³/mol. The molecule has 0 aliphatic heterocycles. The number of thiazole rings is 2. The van der Waals surface area contributed by atoms with Gasteiger partial charge in [0.2, 0.25) is 0 Å². The lowest BCUT2D eigenvalue weighted by atomic mass is 10.1. The number of carbonyl (C=O) groups is 2. The number of carbonyl (C=O) groups excluding carboxylic acids is 2. The maximum atomic E-state index is 12.2. The van der Waals surface area contributed by atoms with Crippen molar-refractivity contribution in [2.45, 2.75) is 0 Å². The van der Waals surface area contributed by atoms with Crippen LogP contribution in [-0.2, 0) is 9.59 Å². The highest BCUT2D eigenvalue weighted by Gasteiger charge is 2.12. The third kappa shape index (κ3) is 5.45. The third-order valence-corrected chi connectivity index (χ3v) is 4.95. The van der Waals surface area contributed by atoms with E-state index in [2.05, 4.69) is 20.6 Å². The fourth-order valence-corrected chi connectivity index (χ4v) is 3.32. The van der Waals surface area contributed by atoms with Crippen molar-refractivity contribution in [2.24, 2.45) is 0 Å². The number of rotatable bonds is 6. The zero-order valence-electron chi connectivity index (χ0n) is 15.2. The first kappa shape index (κ1) is 20.6. The lowest BCUT2D eigenvalue weighted by Gasteiger charge is -2.03. The molecule has 8 nitrogen and oxygen atoms in total. The van der Waals surface area contributed by atoms with E-state index < -0.39 is 11.8 Å². The summed E-state index contributed by atoms with van der Waals surface area (Å²) in [4.78, 5) is 32.4. The van der Waals surface area contributed by atoms with Crippen molar-refractivity contribution in [3.05, 3.63) is 69.7 Å². The average Bonchev–Trinajstić information content (AvgIpc) is 3.44. The van der Waals surface area contributed by atoms with Crippen LogP contribution in [0.3, 0.4) is 0 Å². The molecular weight excluding hydrogens is 420 g/mol. The van der Waals surface area contributed by atoms with Gasteiger partial charge in [0.1, 0.15) is 23.3 Å². The van der Waals surface area contributed by atoms with Gasteiger partial charge in [0.25, 0.3) is 11.8 Å². The van der Waals surface area contributed by atoms with Crippen LogP contribution in [0.2, 0.25) is 0 Å². The fraction of sp³-hybridized carbons (Fsp3) is 0. The minimum absolute atomic E-state index is 0.103. The largest absolute Gasteiger partial charge is 0.297 e. The van der Waals surface area contributed by atoms with Crippen molar-refractivity contribution in [2.75, 3.05) is 10.6 Å². The predicted octanol–water partition coefficient (Wildman–Crippen LogP) is 3.69. The Labute approximate surface area is 179 Å². The van der Waals surface area contributed by atoms with Gasteiger partial charge in [0.15, 0.2) is 10.3 Å². The summed E-state index contributed by atoms with van der Waals surface area (Å²) in [5.74, 6) is -1.15. The third-order valence-electron chi connectivity index (χ3n) is 3.57. The Bertz CT molecular complexity index is 1110. The van der Waals surface area contributed by atoms with E-state index in [1.165, 1.54) is 34.8 Å². The zero-order chi connectivity index (χ0) is 21.3. The van der Waals surface area contributed by atoms with Gasteiger partial charge in [-0.1, -0.05) is 18.2 Å². The summed E-state index contributed by atoms with van der Waals surface area (Å²) in [6.45, 7) is 0. The van der Waals surface area contributed by atoms with E-state index in [4.69, 9.17) is 0 Å². The number of amides is 2. The Morgan fingerprint density at radius 2 is 1.33 bits per heavy atom. The van der Waals surface area contributed by atoms with Crippen LogP contribution in [0.4, 0.5) is 10.3 Å². The van der Waals surface area contributed by atoms with E-state index >= 15 is 0 Å². The first-order valence-corrected chi connectivity index (χ1v) is 10.1. The molecule has 3 aromatic rings. The Morgan fingerprint density at radius 3 is 1.70 bits per heavy atom. The van der Waals surface area contributed by atoms with Crippen LogP contribution in [0.1, 0.15) is 11.1 Å². The molecule has 0 spiro atoms. The summed E-state index contributed by atoms with van der Waals surface area (Å²) in [5.41, 5.74) is 0.918. The molecule has 10 heteroatoms. The molecule has 0 aliphatic carbocycles. The lowest BCUT2D eigenvalue weighted by molar-refractivity contribution is -0.113. The van der Waals surface area contributed by atoms with Gasteiger partial charge in [-0.05, 0) is 29.3 Å². The summed E-state index contributed by atoms with van der Waals surface area (Å²) in [6.07, 6.45) is 5.93. The standard InChI is InChI=1S/C20H12N6O2S2/c21-11-15(17(27)25-19-23-4-6-29-19)9-13-2-1-3-14(8-13)10-16(12-22)18(28)26-20-24-5-7-30-20/h1-10H,(H,23,25,27)(H,24,26,28). The van der Waals surface area contributed by atoms with E-state index in [1.54, 1.807) is 47.4 Å². The number of nitrogens with one attached hydrogen (secondary N) is 2. The molecule has 0 bridgehead atoms. The molecule has 30 heavy (non-hydrogen) atoms. The van der Waals surface area contributed by atoms with Crippen molar-refractivity contribution < 1.29 is 9.59 Å². The number of benzene rings is 1. The highest BCUT2D eigenvalue weighted by atomic mass is 32.1. The van der Waals surface area contributed by atoms with Crippen molar-refractivity contribution in [1.82, 2.24) is 9.97 Å². The molecule has 2 amide bonds. The molecule has 0 radical (unpaired) electrons. The van der Waals surface area contributed by atoms with Gasteiger partial charge in [0.05, 0.1) is 0 Å². The van der Waals surface area contributed by atoms with Crippen molar-refractivity contribution >= 4 is 56.9 Å². The first-order valence-electron chi connectivity index (χ1n) is 8.34. The molecule has 0 saturated heterocycles. The van der Waals surface area contributed by atoms with Gasteiger partial charge in [-0.3, -0.25) is 20.2 Å². The van der Waals surface area contributed by atoms with E-state index in [-0.39, 0.29) is 11.1 Å². The first-order chi connectivity index (χ1) is 14.6. The molecule has 2 aromatic heterocycles. The second kappa shape index (κ2) is 9.89. The average molecular weight is 432 g/mol. The molecule has 3 rings (SSSR count). The van der Waals surface area contributed by atoms with Crippen LogP contribution in [-0.4, -0.2) is 21.8 Å². The highest BCUT2D eigenvalue weighted by molar-refractivity contribution is 7.14. The highest BCUT2D eigenvalue weighted by Crippen LogP contribution is 2.17. The van der Waals surface area contributed by atoms with Crippen molar-refractivity contribution in [3.63, 3.8) is 0 Å². The lowest BCUT2D eigenvalue weighted by Crippen LogP contribution is -2.13. The Kier molecular flexibility index (Phi) is 6.79. The Morgan fingerprint density at radius 1 is 0.867 bits per heavy atom. The molecule has 0 atom stereocenters. The molecular formula is C20H12N6O2S2. The van der Waals surface area contributed by atoms with Gasteiger partial charge in [0, 0.05) is 23.2 Å². The van der Waals surface area contributed by atoms with Crippen LogP contribution in [0.15, 0.2) is 58.6 Å². The van der Waals surface area contributed by atoms with E-state index in [1.807, 2.05) is 12.1 Å². The summed E-state index contributed by atoms with van der Waals surface area (Å²) in [7, 11) is 0. The number of anilines is 2. The summed E-state index contributed by atoms with van der Waals surface area (Å²) < 4.78 is 0. The van der Waals surface area contributed by atoms with Gasteiger partial charge >= 0.3 is 0 Å². The van der Waals surface area contributed by atoms with Gasteiger partial charge in [-0.25, -0.2) is 9.97 Å². The quantitative estimate of drug-likeness (QED) is 0.451. The van der Waals surface area contributed by atoms with Crippen LogP contribution in [0.25, 0.3) is 12.2 Å². The second-order valence-electron chi connectivity index (χ2n) is 5.59. The number of nitriles is 2. The molecule has 2 N–H and O–H groups in total. The van der Waals surface area contributed by atoms with Gasteiger partial charge in [-0.15, -0.1) is 22.7 Å². The summed E-state index contributed by atoms with van der Waals surface area (Å²) >= 11 is 2.48. The minimum Gasteiger partial charge on any atom is -0.297 e. The maximum absolute atomic E-state index is 12.2. The summed E-state index contributed by atoms with van der Waals surface area (Å²) in [5, 5.41) is 27.9. The van der Waals surface area contributed by atoms with E-state index in [0.717, 1.165) is 0 Å².